The zero-order valence-corrected chi connectivity index (χ0v) is 12.8. The highest BCUT2D eigenvalue weighted by Crippen LogP contribution is 2.21. The van der Waals surface area contributed by atoms with Gasteiger partial charge in [-0.05, 0) is 12.1 Å². The number of rotatable bonds is 5. The summed E-state index contributed by atoms with van der Waals surface area (Å²) in [6.07, 6.45) is 1.50. The zero-order chi connectivity index (χ0) is 15.4. The molecule has 0 unspecified atom stereocenters. The number of hydrogen-bond donors (Lipinski definition) is 1. The van der Waals surface area contributed by atoms with Gasteiger partial charge in [0.15, 0.2) is 5.16 Å². The molecule has 0 bridgehead atoms. The van der Waals surface area contributed by atoms with Crippen LogP contribution in [-0.2, 0) is 0 Å². The van der Waals surface area contributed by atoms with Crippen molar-refractivity contribution in [1.82, 2.24) is 20.1 Å². The van der Waals surface area contributed by atoms with Crippen molar-refractivity contribution in [3.8, 4) is 0 Å². The highest BCUT2D eigenvalue weighted by molar-refractivity contribution is 7.99. The summed E-state index contributed by atoms with van der Waals surface area (Å²) >= 11 is 1.64. The monoisotopic (exact) mass is 325 g/mol. The first-order valence-corrected chi connectivity index (χ1v) is 8.11. The van der Waals surface area contributed by atoms with Crippen molar-refractivity contribution >= 4 is 17.4 Å². The number of H-pyrrole nitrogens is 1. The third-order valence-electron chi connectivity index (χ3n) is 3.66. The number of halogens is 2. The molecule has 22 heavy (non-hydrogen) atoms. The van der Waals surface area contributed by atoms with Crippen molar-refractivity contribution in [2.75, 3.05) is 43.4 Å². The molecule has 8 heteroatoms. The van der Waals surface area contributed by atoms with Crippen LogP contribution in [0.15, 0.2) is 29.7 Å². The van der Waals surface area contributed by atoms with Crippen molar-refractivity contribution in [3.05, 3.63) is 36.2 Å². The fraction of sp³-hybridized carbons (Fsp3) is 0.429. The van der Waals surface area contributed by atoms with E-state index in [0.717, 1.165) is 49.7 Å². The second kappa shape index (κ2) is 7.06. The fourth-order valence-corrected chi connectivity index (χ4v) is 3.27. The van der Waals surface area contributed by atoms with E-state index in [-0.39, 0.29) is 0 Å². The summed E-state index contributed by atoms with van der Waals surface area (Å²) in [4.78, 5) is 8.37. The summed E-state index contributed by atoms with van der Waals surface area (Å²) in [5.41, 5.74) is 0.483. The van der Waals surface area contributed by atoms with Crippen LogP contribution in [0.1, 0.15) is 0 Å². The fourth-order valence-electron chi connectivity index (χ4n) is 2.49. The van der Waals surface area contributed by atoms with Gasteiger partial charge in [-0.3, -0.25) is 10.00 Å². The maximum absolute atomic E-state index is 13.8. The average molecular weight is 325 g/mol. The topological polar surface area (TPSA) is 48.1 Å². The van der Waals surface area contributed by atoms with Gasteiger partial charge in [-0.15, -0.1) is 0 Å². The van der Waals surface area contributed by atoms with Gasteiger partial charge in [-0.1, -0.05) is 11.8 Å². The minimum atomic E-state index is -0.538. The Morgan fingerprint density at radius 2 is 2.00 bits per heavy atom. The van der Waals surface area contributed by atoms with Gasteiger partial charge in [-0.2, -0.15) is 5.10 Å². The first kappa shape index (κ1) is 15.2. The molecule has 0 atom stereocenters. The number of piperazine rings is 1. The van der Waals surface area contributed by atoms with Crippen LogP contribution in [0.3, 0.4) is 0 Å². The predicted octanol–water partition coefficient (Wildman–Crippen LogP) is 2.00. The first-order valence-electron chi connectivity index (χ1n) is 7.13. The SMILES string of the molecule is Fc1ccc(N2CCN(CCSc3ncn[nH]3)CC2)c(F)c1. The normalized spacial score (nSPS) is 16.2. The minimum Gasteiger partial charge on any atom is -0.367 e. The quantitative estimate of drug-likeness (QED) is 0.852. The molecular formula is C14H17F2N5S. The molecule has 1 saturated heterocycles. The average Bonchev–Trinajstić information content (AvgIpc) is 3.02. The van der Waals surface area contributed by atoms with E-state index in [1.807, 2.05) is 4.90 Å². The highest BCUT2D eigenvalue weighted by Gasteiger charge is 2.19. The molecule has 3 rings (SSSR count). The molecule has 0 amide bonds. The maximum Gasteiger partial charge on any atom is 0.183 e. The Morgan fingerprint density at radius 1 is 1.18 bits per heavy atom. The van der Waals surface area contributed by atoms with Crippen molar-refractivity contribution < 1.29 is 8.78 Å². The zero-order valence-electron chi connectivity index (χ0n) is 12.0. The summed E-state index contributed by atoms with van der Waals surface area (Å²) < 4.78 is 26.7. The third kappa shape index (κ3) is 3.75. The Morgan fingerprint density at radius 3 is 2.68 bits per heavy atom. The Labute approximate surface area is 131 Å². The number of nitrogens with zero attached hydrogens (tertiary/aromatic N) is 4. The number of anilines is 1. The van der Waals surface area contributed by atoms with Gasteiger partial charge in [0.25, 0.3) is 0 Å². The van der Waals surface area contributed by atoms with Crippen LogP contribution in [0.5, 0.6) is 0 Å². The van der Waals surface area contributed by atoms with Gasteiger partial charge in [0.05, 0.1) is 5.69 Å². The van der Waals surface area contributed by atoms with E-state index < -0.39 is 11.6 Å². The largest absolute Gasteiger partial charge is 0.367 e. The molecule has 0 aliphatic carbocycles. The second-order valence-corrected chi connectivity index (χ2v) is 6.15. The maximum atomic E-state index is 13.8. The molecule has 0 saturated carbocycles. The van der Waals surface area contributed by atoms with Crippen molar-refractivity contribution in [3.63, 3.8) is 0 Å². The Bertz CT molecular complexity index is 599. The van der Waals surface area contributed by atoms with Crippen LogP contribution < -0.4 is 4.90 Å². The van der Waals surface area contributed by atoms with Gasteiger partial charge >= 0.3 is 0 Å². The van der Waals surface area contributed by atoms with E-state index in [4.69, 9.17) is 0 Å². The van der Waals surface area contributed by atoms with Gasteiger partial charge in [0.2, 0.25) is 0 Å². The molecule has 118 valence electrons. The molecule has 5 nitrogen and oxygen atoms in total. The number of benzene rings is 1. The Kier molecular flexibility index (Phi) is 4.89. The number of nitrogens with one attached hydrogen (secondary N) is 1. The second-order valence-electron chi connectivity index (χ2n) is 5.06. The van der Waals surface area contributed by atoms with Crippen molar-refractivity contribution in [2.45, 2.75) is 5.16 Å². The van der Waals surface area contributed by atoms with Crippen LogP contribution in [0, 0.1) is 11.6 Å². The van der Waals surface area contributed by atoms with Crippen LogP contribution in [0.2, 0.25) is 0 Å². The molecule has 0 spiro atoms. The molecule has 2 heterocycles. The summed E-state index contributed by atoms with van der Waals surface area (Å²) in [6, 6.07) is 3.76. The number of aromatic amines is 1. The van der Waals surface area contributed by atoms with Gasteiger partial charge in [0, 0.05) is 44.5 Å². The summed E-state index contributed by atoms with van der Waals surface area (Å²) in [5.74, 6) is -0.0984. The van der Waals surface area contributed by atoms with Gasteiger partial charge < -0.3 is 4.90 Å². The van der Waals surface area contributed by atoms with Crippen molar-refractivity contribution in [2.24, 2.45) is 0 Å². The van der Waals surface area contributed by atoms with Crippen molar-refractivity contribution in [1.29, 1.82) is 0 Å². The Hall–Kier alpha value is -1.67. The van der Waals surface area contributed by atoms with E-state index in [2.05, 4.69) is 20.1 Å². The lowest BCUT2D eigenvalue weighted by molar-refractivity contribution is 0.272. The van der Waals surface area contributed by atoms with Gasteiger partial charge in [0.1, 0.15) is 18.0 Å². The van der Waals surface area contributed by atoms with Gasteiger partial charge in [-0.25, -0.2) is 13.8 Å². The van der Waals surface area contributed by atoms with E-state index in [9.17, 15) is 8.78 Å². The standard InChI is InChI=1S/C14H17F2N5S/c15-11-1-2-13(12(16)9-11)21-5-3-20(4-6-21)7-8-22-14-17-10-18-19-14/h1-2,9-10H,3-8H2,(H,17,18,19). The van der Waals surface area contributed by atoms with Crippen LogP contribution in [0.4, 0.5) is 14.5 Å². The molecule has 1 aliphatic heterocycles. The number of thioether (sulfide) groups is 1. The van der Waals surface area contributed by atoms with E-state index in [0.29, 0.717) is 5.69 Å². The molecule has 1 aliphatic rings. The molecule has 1 N–H and O–H groups in total. The molecule has 2 aromatic rings. The van der Waals surface area contributed by atoms with E-state index in [1.54, 1.807) is 11.8 Å². The van der Waals surface area contributed by atoms with Crippen LogP contribution in [0.25, 0.3) is 0 Å². The minimum absolute atomic E-state index is 0.483. The molecule has 1 fully saturated rings. The molecule has 0 radical (unpaired) electrons. The predicted molar refractivity (Wildman–Crippen MR) is 82.1 cm³/mol. The summed E-state index contributed by atoms with van der Waals surface area (Å²) in [6.45, 7) is 4.18. The lowest BCUT2D eigenvalue weighted by Crippen LogP contribution is -2.47. The summed E-state index contributed by atoms with van der Waals surface area (Å²) in [5, 5.41) is 7.45. The molecular weight excluding hydrogens is 308 g/mol. The smallest absolute Gasteiger partial charge is 0.183 e. The summed E-state index contributed by atoms with van der Waals surface area (Å²) in [7, 11) is 0. The van der Waals surface area contributed by atoms with Crippen LogP contribution >= 0.6 is 11.8 Å². The number of aromatic nitrogens is 3. The van der Waals surface area contributed by atoms with E-state index >= 15 is 0 Å². The lowest BCUT2D eigenvalue weighted by atomic mass is 10.2. The highest BCUT2D eigenvalue weighted by atomic mass is 32.2. The third-order valence-corrected chi connectivity index (χ3v) is 4.52. The molecule has 1 aromatic carbocycles. The first-order chi connectivity index (χ1) is 10.7. The Balaban J connectivity index is 1.46. The van der Waals surface area contributed by atoms with Crippen LogP contribution in [-0.4, -0.2) is 58.6 Å². The molecule has 1 aromatic heterocycles. The van der Waals surface area contributed by atoms with E-state index in [1.165, 1.54) is 18.5 Å². The lowest BCUT2D eigenvalue weighted by Gasteiger charge is -2.36. The number of hydrogen-bond acceptors (Lipinski definition) is 5.